The molecule has 2 aromatic carbocycles. The summed E-state index contributed by atoms with van der Waals surface area (Å²) in [5, 5.41) is 8.31. The van der Waals surface area contributed by atoms with E-state index in [0.717, 1.165) is 25.1 Å². The SMILES string of the molecule is Cc1cc(C)c2[nH]ccc2c1CN1CCCCC1c1ccc(C(N=N)=NN)cc1. The Hall–Kier alpha value is -2.99. The second-order valence-corrected chi connectivity index (χ2v) is 7.92. The number of benzene rings is 2. The molecule has 0 amide bonds. The van der Waals surface area contributed by atoms with Gasteiger partial charge in [0, 0.05) is 35.2 Å². The van der Waals surface area contributed by atoms with Crippen LogP contribution >= 0.6 is 0 Å². The highest BCUT2D eigenvalue weighted by Crippen LogP contribution is 2.34. The molecule has 150 valence electrons. The molecule has 1 saturated heterocycles. The Morgan fingerprint density at radius 2 is 1.97 bits per heavy atom. The minimum absolute atomic E-state index is 0.252. The van der Waals surface area contributed by atoms with Crippen molar-refractivity contribution in [2.75, 3.05) is 6.54 Å². The molecule has 1 aliphatic heterocycles. The van der Waals surface area contributed by atoms with E-state index in [1.807, 2.05) is 18.3 Å². The van der Waals surface area contributed by atoms with Gasteiger partial charge in [0.15, 0.2) is 5.84 Å². The number of aromatic nitrogens is 1. The second kappa shape index (κ2) is 8.17. The van der Waals surface area contributed by atoms with Crippen LogP contribution in [0.3, 0.4) is 0 Å². The Balaban J connectivity index is 1.64. The monoisotopic (exact) mass is 388 g/mol. The minimum Gasteiger partial charge on any atom is -0.361 e. The van der Waals surface area contributed by atoms with E-state index in [2.05, 4.69) is 58.2 Å². The molecule has 0 radical (unpaired) electrons. The molecule has 1 atom stereocenters. The first kappa shape index (κ1) is 19.3. The van der Waals surface area contributed by atoms with E-state index in [4.69, 9.17) is 11.4 Å². The summed E-state index contributed by atoms with van der Waals surface area (Å²) < 4.78 is 0. The number of aryl methyl sites for hydroxylation is 2. The molecule has 3 aromatic rings. The number of rotatable bonds is 4. The molecular formula is C23H28N6. The van der Waals surface area contributed by atoms with Gasteiger partial charge in [-0.3, -0.25) is 4.90 Å². The number of likely N-dealkylation sites (tertiary alicyclic amines) is 1. The van der Waals surface area contributed by atoms with Crippen molar-refractivity contribution in [1.29, 1.82) is 5.53 Å². The normalized spacial score (nSPS) is 18.3. The molecule has 1 unspecified atom stereocenters. The maximum Gasteiger partial charge on any atom is 0.199 e. The van der Waals surface area contributed by atoms with Gasteiger partial charge in [0.05, 0.1) is 0 Å². The van der Waals surface area contributed by atoms with Crippen LogP contribution in [0.2, 0.25) is 0 Å². The highest BCUT2D eigenvalue weighted by molar-refractivity contribution is 5.98. The van der Waals surface area contributed by atoms with Crippen molar-refractivity contribution < 1.29 is 0 Å². The van der Waals surface area contributed by atoms with Crippen molar-refractivity contribution in [3.63, 3.8) is 0 Å². The standard InChI is InChI=1S/C23H28N6/c1-15-13-16(2)22-19(10-11-26-22)20(15)14-29-12-4-3-5-21(29)17-6-8-18(9-7-17)23(27-24)28-25/h6-11,13,21,24,26H,3-5,12,14,25H2,1-2H3. The number of hydrogen-bond acceptors (Lipinski definition) is 4. The molecule has 0 aliphatic carbocycles. The predicted octanol–water partition coefficient (Wildman–Crippen LogP) is 5.16. The van der Waals surface area contributed by atoms with E-state index in [1.165, 1.54) is 46.0 Å². The number of piperidine rings is 1. The molecule has 29 heavy (non-hydrogen) atoms. The van der Waals surface area contributed by atoms with Gasteiger partial charge in [-0.25, -0.2) is 5.53 Å². The highest BCUT2D eigenvalue weighted by atomic mass is 15.2. The molecule has 2 heterocycles. The van der Waals surface area contributed by atoms with Crippen LogP contribution in [0.1, 0.15) is 53.1 Å². The van der Waals surface area contributed by atoms with E-state index >= 15 is 0 Å². The van der Waals surface area contributed by atoms with Crippen LogP contribution in [0.4, 0.5) is 0 Å². The van der Waals surface area contributed by atoms with E-state index in [-0.39, 0.29) is 5.84 Å². The van der Waals surface area contributed by atoms with Gasteiger partial charge >= 0.3 is 0 Å². The van der Waals surface area contributed by atoms with Crippen LogP contribution in [0, 0.1) is 19.4 Å². The van der Waals surface area contributed by atoms with Gasteiger partial charge in [-0.2, -0.15) is 5.10 Å². The second-order valence-electron chi connectivity index (χ2n) is 7.92. The van der Waals surface area contributed by atoms with E-state index in [1.54, 1.807) is 0 Å². The van der Waals surface area contributed by atoms with Gasteiger partial charge in [0.2, 0.25) is 0 Å². The third kappa shape index (κ3) is 3.68. The highest BCUT2D eigenvalue weighted by Gasteiger charge is 2.25. The van der Waals surface area contributed by atoms with E-state index in [9.17, 15) is 0 Å². The van der Waals surface area contributed by atoms with Gasteiger partial charge in [0.25, 0.3) is 0 Å². The first-order valence-electron chi connectivity index (χ1n) is 10.2. The maximum absolute atomic E-state index is 7.20. The quantitative estimate of drug-likeness (QED) is 0.189. The molecule has 6 nitrogen and oxygen atoms in total. The number of nitrogens with two attached hydrogens (primary N) is 1. The summed E-state index contributed by atoms with van der Waals surface area (Å²) in [7, 11) is 0. The van der Waals surface area contributed by atoms with Gasteiger partial charge < -0.3 is 10.8 Å². The fraction of sp³-hybridized carbons (Fsp3) is 0.348. The molecule has 0 spiro atoms. The molecule has 1 aliphatic rings. The van der Waals surface area contributed by atoms with Crippen LogP contribution in [0.25, 0.3) is 10.9 Å². The van der Waals surface area contributed by atoms with Crippen molar-refractivity contribution in [3.8, 4) is 0 Å². The largest absolute Gasteiger partial charge is 0.361 e. The van der Waals surface area contributed by atoms with Crippen molar-refractivity contribution in [2.24, 2.45) is 16.1 Å². The van der Waals surface area contributed by atoms with Gasteiger partial charge in [-0.1, -0.05) is 36.8 Å². The molecular weight excluding hydrogens is 360 g/mol. The average molecular weight is 389 g/mol. The van der Waals surface area contributed by atoms with Crippen molar-refractivity contribution >= 4 is 16.7 Å². The lowest BCUT2D eigenvalue weighted by Crippen LogP contribution is -2.33. The third-order valence-electron chi connectivity index (χ3n) is 6.13. The molecule has 1 fully saturated rings. The van der Waals surface area contributed by atoms with Gasteiger partial charge in [-0.05, 0) is 61.6 Å². The first-order valence-corrected chi connectivity index (χ1v) is 10.2. The predicted molar refractivity (Wildman–Crippen MR) is 117 cm³/mol. The Morgan fingerprint density at radius 1 is 1.17 bits per heavy atom. The van der Waals surface area contributed by atoms with Gasteiger partial charge in [0.1, 0.15) is 0 Å². The number of hydrogen-bond donors (Lipinski definition) is 3. The topological polar surface area (TPSA) is 93.6 Å². The Labute approximate surface area is 171 Å². The summed E-state index contributed by atoms with van der Waals surface area (Å²) in [6, 6.07) is 13.1. The lowest BCUT2D eigenvalue weighted by Gasteiger charge is -2.36. The van der Waals surface area contributed by atoms with E-state index in [0.29, 0.717) is 6.04 Å². The number of aromatic amines is 1. The number of H-pyrrole nitrogens is 1. The summed E-state index contributed by atoms with van der Waals surface area (Å²) in [5.74, 6) is 5.58. The molecule has 6 heteroatoms. The van der Waals surface area contributed by atoms with Crippen molar-refractivity contribution in [2.45, 2.75) is 45.7 Å². The fourth-order valence-electron chi connectivity index (χ4n) is 4.64. The average Bonchev–Trinajstić information content (AvgIpc) is 3.23. The van der Waals surface area contributed by atoms with Crippen molar-refractivity contribution in [1.82, 2.24) is 9.88 Å². The number of hydrazone groups is 1. The molecule has 0 saturated carbocycles. The first-order chi connectivity index (χ1) is 14.1. The minimum atomic E-state index is 0.252. The molecule has 4 rings (SSSR count). The van der Waals surface area contributed by atoms with Crippen LogP contribution in [0.15, 0.2) is 52.8 Å². The summed E-state index contributed by atoms with van der Waals surface area (Å²) >= 11 is 0. The number of amidine groups is 1. The number of nitrogens with zero attached hydrogens (tertiary/aromatic N) is 3. The molecule has 1 aromatic heterocycles. The Kier molecular flexibility index (Phi) is 5.45. The number of nitrogens with one attached hydrogen (secondary N) is 2. The zero-order chi connectivity index (χ0) is 20.4. The zero-order valence-corrected chi connectivity index (χ0v) is 17.1. The van der Waals surface area contributed by atoms with Crippen LogP contribution < -0.4 is 5.84 Å². The lowest BCUT2D eigenvalue weighted by atomic mass is 9.92. The van der Waals surface area contributed by atoms with Crippen LogP contribution in [0.5, 0.6) is 0 Å². The molecule has 4 N–H and O–H groups in total. The van der Waals surface area contributed by atoms with Gasteiger partial charge in [-0.15, -0.1) is 5.11 Å². The third-order valence-corrected chi connectivity index (χ3v) is 6.13. The van der Waals surface area contributed by atoms with Crippen molar-refractivity contribution in [3.05, 3.63) is 70.4 Å². The molecule has 0 bridgehead atoms. The maximum atomic E-state index is 7.20. The van der Waals surface area contributed by atoms with Crippen LogP contribution in [-0.2, 0) is 6.54 Å². The zero-order valence-electron chi connectivity index (χ0n) is 17.1. The number of fused-ring (bicyclic) bond motifs is 1. The Morgan fingerprint density at radius 3 is 2.69 bits per heavy atom. The lowest BCUT2D eigenvalue weighted by molar-refractivity contribution is 0.141. The fourth-order valence-corrected chi connectivity index (χ4v) is 4.64. The summed E-state index contributed by atoms with van der Waals surface area (Å²) in [6.07, 6.45) is 5.67. The summed E-state index contributed by atoms with van der Waals surface area (Å²) in [6.45, 7) is 6.44. The summed E-state index contributed by atoms with van der Waals surface area (Å²) in [4.78, 5) is 6.01. The smallest absolute Gasteiger partial charge is 0.199 e. The summed E-state index contributed by atoms with van der Waals surface area (Å²) in [5.41, 5.74) is 14.6. The Bertz CT molecular complexity index is 1050. The van der Waals surface area contributed by atoms with E-state index < -0.39 is 0 Å². The van der Waals surface area contributed by atoms with Crippen LogP contribution in [-0.4, -0.2) is 22.3 Å².